The van der Waals surface area contributed by atoms with Crippen molar-refractivity contribution in [2.45, 2.75) is 45.6 Å². The maximum absolute atomic E-state index is 12.4. The monoisotopic (exact) mass is 431 g/mol. The third-order valence-corrected chi connectivity index (χ3v) is 5.93. The molecule has 0 aliphatic heterocycles. The number of hydrogen-bond donors (Lipinski definition) is 3. The van der Waals surface area contributed by atoms with Crippen LogP contribution in [0.15, 0.2) is 29.3 Å². The Morgan fingerprint density at radius 1 is 1.19 bits per heavy atom. The van der Waals surface area contributed by atoms with Gasteiger partial charge in [-0.2, -0.15) is 0 Å². The lowest BCUT2D eigenvalue weighted by Gasteiger charge is -2.30. The lowest BCUT2D eigenvalue weighted by molar-refractivity contribution is 0.0951. The number of aliphatic imine (C=N–C) groups is 1. The highest BCUT2D eigenvalue weighted by molar-refractivity contribution is 5.94. The minimum atomic E-state index is -0.0426. The van der Waals surface area contributed by atoms with Crippen LogP contribution in [0.4, 0.5) is 0 Å². The Bertz CT molecular complexity index is 699. The molecule has 7 nitrogen and oxygen atoms in total. The van der Waals surface area contributed by atoms with Gasteiger partial charge in [0.05, 0.1) is 6.54 Å². The molecule has 1 fully saturated rings. The second-order valence-electron chi connectivity index (χ2n) is 8.76. The van der Waals surface area contributed by atoms with Gasteiger partial charge in [0.25, 0.3) is 5.91 Å². The van der Waals surface area contributed by atoms with Crippen LogP contribution in [0.5, 0.6) is 0 Å². The molecule has 0 aromatic heterocycles. The van der Waals surface area contributed by atoms with E-state index in [1.165, 1.54) is 25.7 Å². The number of carbonyl (C=O) groups is 1. The number of ether oxygens (including phenoxy) is 1. The van der Waals surface area contributed by atoms with Crippen LogP contribution < -0.4 is 16.0 Å². The van der Waals surface area contributed by atoms with Crippen molar-refractivity contribution in [2.75, 3.05) is 54.0 Å². The Labute approximate surface area is 188 Å². The van der Waals surface area contributed by atoms with Gasteiger partial charge in [0, 0.05) is 45.5 Å². The molecule has 0 heterocycles. The number of nitrogens with zero attached hydrogens (tertiary/aromatic N) is 2. The molecule has 0 spiro atoms. The zero-order valence-electron chi connectivity index (χ0n) is 19.8. The topological polar surface area (TPSA) is 78.0 Å². The number of amides is 1. The van der Waals surface area contributed by atoms with E-state index < -0.39 is 0 Å². The molecule has 1 aliphatic rings. The lowest BCUT2D eigenvalue weighted by atomic mass is 9.83. The number of rotatable bonds is 12. The van der Waals surface area contributed by atoms with Crippen molar-refractivity contribution in [2.24, 2.45) is 10.4 Å². The van der Waals surface area contributed by atoms with Gasteiger partial charge < -0.3 is 25.6 Å². The van der Waals surface area contributed by atoms with Crippen molar-refractivity contribution in [3.8, 4) is 0 Å². The van der Waals surface area contributed by atoms with Crippen LogP contribution in [0.3, 0.4) is 0 Å². The Morgan fingerprint density at radius 3 is 2.65 bits per heavy atom. The van der Waals surface area contributed by atoms with Crippen molar-refractivity contribution in [1.82, 2.24) is 20.9 Å². The highest BCUT2D eigenvalue weighted by Gasteiger charge is 2.33. The second-order valence-corrected chi connectivity index (χ2v) is 8.76. The van der Waals surface area contributed by atoms with E-state index in [9.17, 15) is 4.79 Å². The molecular weight excluding hydrogens is 390 g/mol. The number of carbonyl (C=O) groups excluding carboxylic acids is 1. The third kappa shape index (κ3) is 8.87. The summed E-state index contributed by atoms with van der Waals surface area (Å²) in [4.78, 5) is 19.2. The first-order chi connectivity index (χ1) is 15.0. The van der Waals surface area contributed by atoms with Crippen molar-refractivity contribution >= 4 is 11.9 Å². The first-order valence-electron chi connectivity index (χ1n) is 11.5. The quantitative estimate of drug-likeness (QED) is 0.350. The predicted octanol–water partition coefficient (Wildman–Crippen LogP) is 2.63. The summed E-state index contributed by atoms with van der Waals surface area (Å²) in [7, 11) is 5.76. The van der Waals surface area contributed by atoms with E-state index in [2.05, 4.69) is 22.9 Å². The number of benzene rings is 1. The zero-order chi connectivity index (χ0) is 22.5. The summed E-state index contributed by atoms with van der Waals surface area (Å²) < 4.78 is 5.35. The van der Waals surface area contributed by atoms with E-state index in [1.807, 2.05) is 43.3 Å². The molecule has 1 amide bonds. The average molecular weight is 432 g/mol. The minimum Gasteiger partial charge on any atom is -0.385 e. The van der Waals surface area contributed by atoms with Gasteiger partial charge in [-0.3, -0.25) is 4.79 Å². The molecule has 3 N–H and O–H groups in total. The van der Waals surface area contributed by atoms with Gasteiger partial charge in [-0.25, -0.2) is 4.99 Å². The fourth-order valence-electron chi connectivity index (χ4n) is 4.05. The van der Waals surface area contributed by atoms with E-state index in [1.54, 1.807) is 7.11 Å². The van der Waals surface area contributed by atoms with E-state index in [0.717, 1.165) is 44.2 Å². The molecule has 7 heteroatoms. The van der Waals surface area contributed by atoms with Crippen LogP contribution in [-0.2, 0) is 11.3 Å². The normalized spacial score (nSPS) is 15.8. The first kappa shape index (κ1) is 25.1. The Hall–Kier alpha value is -2.12. The van der Waals surface area contributed by atoms with Crippen LogP contribution in [0, 0.1) is 5.41 Å². The SMILES string of the molecule is CCNC(=NCc1cccc(C(=O)NCCN(C)C)c1)NCC1(CCOC)CCCC1. The van der Waals surface area contributed by atoms with E-state index >= 15 is 0 Å². The van der Waals surface area contributed by atoms with Gasteiger partial charge in [-0.05, 0) is 63.4 Å². The Morgan fingerprint density at radius 2 is 1.97 bits per heavy atom. The summed E-state index contributed by atoms with van der Waals surface area (Å²) in [6.45, 7) is 6.58. The van der Waals surface area contributed by atoms with Gasteiger partial charge in [0.15, 0.2) is 5.96 Å². The fraction of sp³-hybridized carbons (Fsp3) is 0.667. The van der Waals surface area contributed by atoms with E-state index in [0.29, 0.717) is 24.1 Å². The Kier molecular flexibility index (Phi) is 10.8. The molecule has 1 aromatic carbocycles. The average Bonchev–Trinajstić information content (AvgIpc) is 3.23. The summed E-state index contributed by atoms with van der Waals surface area (Å²) in [5, 5.41) is 9.87. The van der Waals surface area contributed by atoms with Crippen LogP contribution in [0.1, 0.15) is 54.9 Å². The molecule has 0 unspecified atom stereocenters. The van der Waals surface area contributed by atoms with Crippen molar-refractivity contribution in [1.29, 1.82) is 0 Å². The molecule has 0 bridgehead atoms. The maximum Gasteiger partial charge on any atom is 0.251 e. The third-order valence-electron chi connectivity index (χ3n) is 5.93. The van der Waals surface area contributed by atoms with Gasteiger partial charge in [0.1, 0.15) is 0 Å². The smallest absolute Gasteiger partial charge is 0.251 e. The molecule has 2 rings (SSSR count). The molecule has 0 atom stereocenters. The van der Waals surface area contributed by atoms with Crippen molar-refractivity contribution in [3.63, 3.8) is 0 Å². The largest absolute Gasteiger partial charge is 0.385 e. The van der Waals surface area contributed by atoms with Crippen LogP contribution in [0.2, 0.25) is 0 Å². The molecule has 1 aromatic rings. The summed E-state index contributed by atoms with van der Waals surface area (Å²) >= 11 is 0. The van der Waals surface area contributed by atoms with Gasteiger partial charge >= 0.3 is 0 Å². The maximum atomic E-state index is 12.4. The minimum absolute atomic E-state index is 0.0426. The number of nitrogens with one attached hydrogen (secondary N) is 3. The standard InChI is InChI=1S/C24H41N5O2/c1-5-25-23(28-19-24(13-16-31-4)11-6-7-12-24)27-18-20-9-8-10-21(17-20)22(30)26-14-15-29(2)3/h8-10,17H,5-7,11-16,18-19H2,1-4H3,(H,26,30)(H2,25,27,28). The van der Waals surface area contributed by atoms with Crippen LogP contribution in [0.25, 0.3) is 0 Å². The summed E-state index contributed by atoms with van der Waals surface area (Å²) in [5.41, 5.74) is 2.00. The van der Waals surface area contributed by atoms with Crippen LogP contribution >= 0.6 is 0 Å². The number of guanidine groups is 1. The summed E-state index contributed by atoms with van der Waals surface area (Å²) in [6, 6.07) is 7.71. The highest BCUT2D eigenvalue weighted by atomic mass is 16.5. The Balaban J connectivity index is 1.96. The van der Waals surface area contributed by atoms with Crippen molar-refractivity contribution in [3.05, 3.63) is 35.4 Å². The number of methoxy groups -OCH3 is 1. The molecular formula is C24H41N5O2. The predicted molar refractivity (Wildman–Crippen MR) is 128 cm³/mol. The van der Waals surface area contributed by atoms with E-state index in [4.69, 9.17) is 9.73 Å². The first-order valence-corrected chi connectivity index (χ1v) is 11.5. The number of hydrogen-bond acceptors (Lipinski definition) is 4. The molecule has 174 valence electrons. The molecule has 0 saturated heterocycles. The second kappa shape index (κ2) is 13.3. The van der Waals surface area contributed by atoms with Crippen molar-refractivity contribution < 1.29 is 9.53 Å². The van der Waals surface area contributed by atoms with Crippen LogP contribution in [-0.4, -0.2) is 70.8 Å². The fourth-order valence-corrected chi connectivity index (χ4v) is 4.05. The zero-order valence-corrected chi connectivity index (χ0v) is 19.8. The summed E-state index contributed by atoms with van der Waals surface area (Å²) in [6.07, 6.45) is 6.16. The van der Waals surface area contributed by atoms with Gasteiger partial charge in [-0.1, -0.05) is 25.0 Å². The van der Waals surface area contributed by atoms with Gasteiger partial charge in [-0.15, -0.1) is 0 Å². The summed E-state index contributed by atoms with van der Waals surface area (Å²) in [5.74, 6) is 0.783. The molecule has 0 radical (unpaired) electrons. The molecule has 31 heavy (non-hydrogen) atoms. The van der Waals surface area contributed by atoms with Gasteiger partial charge in [0.2, 0.25) is 0 Å². The molecule has 1 aliphatic carbocycles. The molecule has 1 saturated carbocycles. The highest BCUT2D eigenvalue weighted by Crippen LogP contribution is 2.40. The van der Waals surface area contributed by atoms with E-state index in [-0.39, 0.29) is 5.91 Å². The number of likely N-dealkylation sites (N-methyl/N-ethyl adjacent to an activating group) is 1. The lowest BCUT2D eigenvalue weighted by Crippen LogP contribution is -2.43.